The molecule has 0 fully saturated rings. The van der Waals surface area contributed by atoms with E-state index in [9.17, 15) is 13.6 Å². The first-order valence-electron chi connectivity index (χ1n) is 6.05. The van der Waals surface area contributed by atoms with E-state index in [0.717, 1.165) is 0 Å². The Morgan fingerprint density at radius 3 is 2.70 bits per heavy atom. The Bertz CT molecular complexity index is 457. The summed E-state index contributed by atoms with van der Waals surface area (Å²) in [6.07, 6.45) is 0.0204. The Morgan fingerprint density at radius 2 is 2.15 bits per heavy atom. The minimum atomic E-state index is -2.93. The highest BCUT2D eigenvalue weighted by molar-refractivity contribution is 9.10. The second-order valence-corrected chi connectivity index (χ2v) is 4.73. The Labute approximate surface area is 124 Å². The number of esters is 1. The molecule has 0 aliphatic rings. The van der Waals surface area contributed by atoms with Gasteiger partial charge in [-0.2, -0.15) is 8.78 Å². The molecule has 1 aromatic carbocycles. The molecule has 112 valence electrons. The van der Waals surface area contributed by atoms with Gasteiger partial charge in [0.1, 0.15) is 5.75 Å². The molecule has 0 spiro atoms. The Balaban J connectivity index is 3.03. The van der Waals surface area contributed by atoms with E-state index in [4.69, 9.17) is 4.74 Å². The maximum absolute atomic E-state index is 12.4. The maximum atomic E-state index is 12.4. The van der Waals surface area contributed by atoms with Crippen molar-refractivity contribution < 1.29 is 23.0 Å². The van der Waals surface area contributed by atoms with Crippen LogP contribution in [0.2, 0.25) is 0 Å². The SMILES string of the molecule is CCOC(=O)C[C@@H](NC)c1c(Br)cccc1OC(F)F. The van der Waals surface area contributed by atoms with Crippen LogP contribution in [0.5, 0.6) is 5.75 Å². The van der Waals surface area contributed by atoms with Crippen molar-refractivity contribution in [3.8, 4) is 5.75 Å². The van der Waals surface area contributed by atoms with Gasteiger partial charge in [0.05, 0.1) is 13.0 Å². The first kappa shape index (κ1) is 16.8. The van der Waals surface area contributed by atoms with Gasteiger partial charge in [-0.3, -0.25) is 4.79 Å². The lowest BCUT2D eigenvalue weighted by molar-refractivity contribution is -0.143. The van der Waals surface area contributed by atoms with Crippen LogP contribution in [0.15, 0.2) is 22.7 Å². The van der Waals surface area contributed by atoms with E-state index in [-0.39, 0.29) is 18.8 Å². The van der Waals surface area contributed by atoms with Gasteiger partial charge in [0.15, 0.2) is 0 Å². The van der Waals surface area contributed by atoms with Gasteiger partial charge in [-0.25, -0.2) is 0 Å². The molecule has 0 heterocycles. The zero-order valence-electron chi connectivity index (χ0n) is 11.2. The van der Waals surface area contributed by atoms with Crippen LogP contribution in [0.4, 0.5) is 8.78 Å². The zero-order valence-corrected chi connectivity index (χ0v) is 12.7. The summed E-state index contributed by atoms with van der Waals surface area (Å²) in [5.74, 6) is -0.386. The number of nitrogens with one attached hydrogen (secondary N) is 1. The van der Waals surface area contributed by atoms with E-state index in [0.29, 0.717) is 10.0 Å². The summed E-state index contributed by atoms with van der Waals surface area (Å²) in [7, 11) is 1.63. The highest BCUT2D eigenvalue weighted by Crippen LogP contribution is 2.35. The standard InChI is InChI=1S/C13H16BrF2NO3/c1-3-19-11(18)7-9(17-2)12-8(14)5-4-6-10(12)20-13(15)16/h4-6,9,13,17H,3,7H2,1-2H3/t9-/m1/s1. The molecule has 1 aromatic rings. The van der Waals surface area contributed by atoms with Gasteiger partial charge in [0.2, 0.25) is 0 Å². The van der Waals surface area contributed by atoms with Crippen LogP contribution in [0.3, 0.4) is 0 Å². The predicted molar refractivity (Wildman–Crippen MR) is 73.8 cm³/mol. The number of carbonyl (C=O) groups is 1. The van der Waals surface area contributed by atoms with Crippen molar-refractivity contribution in [3.05, 3.63) is 28.2 Å². The lowest BCUT2D eigenvalue weighted by atomic mass is 10.0. The number of hydrogen-bond donors (Lipinski definition) is 1. The molecule has 0 saturated carbocycles. The van der Waals surface area contributed by atoms with E-state index >= 15 is 0 Å². The fourth-order valence-corrected chi connectivity index (χ4v) is 2.41. The summed E-state index contributed by atoms with van der Waals surface area (Å²) in [5, 5.41) is 2.91. The topological polar surface area (TPSA) is 47.6 Å². The highest BCUT2D eigenvalue weighted by atomic mass is 79.9. The summed E-state index contributed by atoms with van der Waals surface area (Å²) in [4.78, 5) is 11.6. The van der Waals surface area contributed by atoms with E-state index in [2.05, 4.69) is 26.0 Å². The van der Waals surface area contributed by atoms with Crippen molar-refractivity contribution in [2.24, 2.45) is 0 Å². The Morgan fingerprint density at radius 1 is 1.45 bits per heavy atom. The van der Waals surface area contributed by atoms with Gasteiger partial charge in [0.25, 0.3) is 0 Å². The molecule has 1 N–H and O–H groups in total. The minimum Gasteiger partial charge on any atom is -0.466 e. The van der Waals surface area contributed by atoms with Gasteiger partial charge in [-0.15, -0.1) is 0 Å². The molecule has 0 bridgehead atoms. The maximum Gasteiger partial charge on any atom is 0.387 e. The van der Waals surface area contributed by atoms with Crippen molar-refractivity contribution in [2.45, 2.75) is 26.0 Å². The monoisotopic (exact) mass is 351 g/mol. The molecule has 0 aliphatic carbocycles. The second kappa shape index (κ2) is 8.16. The quantitative estimate of drug-likeness (QED) is 0.766. The molecule has 7 heteroatoms. The van der Waals surface area contributed by atoms with Crippen molar-refractivity contribution >= 4 is 21.9 Å². The van der Waals surface area contributed by atoms with Gasteiger partial charge in [-0.05, 0) is 26.1 Å². The normalized spacial score (nSPS) is 12.3. The number of carbonyl (C=O) groups excluding carboxylic acids is 1. The lowest BCUT2D eigenvalue weighted by Gasteiger charge is -2.20. The smallest absolute Gasteiger partial charge is 0.387 e. The first-order chi connectivity index (χ1) is 9.49. The number of ether oxygens (including phenoxy) is 2. The third-order valence-electron chi connectivity index (χ3n) is 2.60. The van der Waals surface area contributed by atoms with Gasteiger partial charge in [-0.1, -0.05) is 22.0 Å². The predicted octanol–water partition coefficient (Wildman–Crippen LogP) is 3.26. The number of alkyl halides is 2. The lowest BCUT2D eigenvalue weighted by Crippen LogP contribution is -2.22. The van der Waals surface area contributed by atoms with Crippen LogP contribution in [0.1, 0.15) is 24.9 Å². The molecular weight excluding hydrogens is 336 g/mol. The van der Waals surface area contributed by atoms with Crippen molar-refractivity contribution in [1.82, 2.24) is 5.32 Å². The Kier molecular flexibility index (Phi) is 6.87. The molecule has 1 atom stereocenters. The number of rotatable bonds is 7. The Hall–Kier alpha value is -1.21. The second-order valence-electron chi connectivity index (χ2n) is 3.88. The van der Waals surface area contributed by atoms with E-state index in [1.54, 1.807) is 26.1 Å². The molecule has 0 aromatic heterocycles. The van der Waals surface area contributed by atoms with Crippen LogP contribution in [-0.2, 0) is 9.53 Å². The van der Waals surface area contributed by atoms with Gasteiger partial charge < -0.3 is 14.8 Å². The number of benzene rings is 1. The van der Waals surface area contributed by atoms with Crippen LogP contribution >= 0.6 is 15.9 Å². The molecular formula is C13H16BrF2NO3. The summed E-state index contributed by atoms with van der Waals surface area (Å²) >= 11 is 3.29. The third kappa shape index (κ3) is 4.72. The zero-order chi connectivity index (χ0) is 15.1. The fourth-order valence-electron chi connectivity index (χ4n) is 1.79. The molecule has 1 rings (SSSR count). The van der Waals surface area contributed by atoms with Crippen LogP contribution < -0.4 is 10.1 Å². The molecule has 20 heavy (non-hydrogen) atoms. The average molecular weight is 352 g/mol. The minimum absolute atomic E-state index is 0.0204. The van der Waals surface area contributed by atoms with Crippen molar-refractivity contribution in [1.29, 1.82) is 0 Å². The molecule has 0 unspecified atom stereocenters. The van der Waals surface area contributed by atoms with E-state index in [1.165, 1.54) is 6.07 Å². The molecule has 0 amide bonds. The molecule has 0 radical (unpaired) electrons. The largest absolute Gasteiger partial charge is 0.466 e. The van der Waals surface area contributed by atoms with Crippen LogP contribution in [0.25, 0.3) is 0 Å². The molecule has 0 aliphatic heterocycles. The summed E-state index contributed by atoms with van der Waals surface area (Å²) in [5.41, 5.74) is 0.461. The van der Waals surface area contributed by atoms with E-state index < -0.39 is 18.6 Å². The number of halogens is 3. The average Bonchev–Trinajstić information content (AvgIpc) is 2.36. The highest BCUT2D eigenvalue weighted by Gasteiger charge is 2.23. The summed E-state index contributed by atoms with van der Waals surface area (Å²) < 4.78 is 34.8. The molecule has 4 nitrogen and oxygen atoms in total. The summed E-state index contributed by atoms with van der Waals surface area (Å²) in [6.45, 7) is -0.954. The fraction of sp³-hybridized carbons (Fsp3) is 0.462. The van der Waals surface area contributed by atoms with Crippen LogP contribution in [0, 0.1) is 0 Å². The first-order valence-corrected chi connectivity index (χ1v) is 6.85. The van der Waals surface area contributed by atoms with Crippen molar-refractivity contribution in [3.63, 3.8) is 0 Å². The van der Waals surface area contributed by atoms with E-state index in [1.807, 2.05) is 0 Å². The van der Waals surface area contributed by atoms with Gasteiger partial charge >= 0.3 is 12.6 Å². The van der Waals surface area contributed by atoms with Crippen molar-refractivity contribution in [2.75, 3.05) is 13.7 Å². The third-order valence-corrected chi connectivity index (χ3v) is 3.29. The van der Waals surface area contributed by atoms with Gasteiger partial charge in [0, 0.05) is 16.1 Å². The van der Waals surface area contributed by atoms with Crippen LogP contribution in [-0.4, -0.2) is 26.2 Å². The number of hydrogen-bond acceptors (Lipinski definition) is 4. The summed E-state index contributed by atoms with van der Waals surface area (Å²) in [6, 6.07) is 4.23. The molecule has 0 saturated heterocycles.